The third kappa shape index (κ3) is 4.47. The van der Waals surface area contributed by atoms with Crippen molar-refractivity contribution in [1.82, 2.24) is 9.88 Å². The minimum Gasteiger partial charge on any atom is -0.383 e. The zero-order chi connectivity index (χ0) is 23.4. The van der Waals surface area contributed by atoms with Crippen LogP contribution in [-0.2, 0) is 0 Å². The predicted molar refractivity (Wildman–Crippen MR) is 135 cm³/mol. The summed E-state index contributed by atoms with van der Waals surface area (Å²) in [6.07, 6.45) is 5.60. The Morgan fingerprint density at radius 1 is 1.15 bits per heavy atom. The second-order valence-electron chi connectivity index (χ2n) is 8.62. The van der Waals surface area contributed by atoms with Gasteiger partial charge < -0.3 is 15.0 Å². The second-order valence-corrected chi connectivity index (χ2v) is 8.62. The number of aromatic amines is 1. The molecule has 2 atom stereocenters. The summed E-state index contributed by atoms with van der Waals surface area (Å²) in [4.78, 5) is 18.0. The zero-order valence-electron chi connectivity index (χ0n) is 19.0. The SMILES string of the molecule is C=Cc1c[nH]c(=O)c(C(c2ccccc2)C(O)(CCN(C)C)C2=C=C=Cc3ccccc32)c1. The molecule has 0 fully saturated rings. The van der Waals surface area contributed by atoms with Gasteiger partial charge in [-0.2, -0.15) is 0 Å². The fourth-order valence-corrected chi connectivity index (χ4v) is 4.46. The summed E-state index contributed by atoms with van der Waals surface area (Å²) >= 11 is 0. The number of benzene rings is 2. The van der Waals surface area contributed by atoms with Crippen molar-refractivity contribution in [2.24, 2.45) is 0 Å². The summed E-state index contributed by atoms with van der Waals surface area (Å²) < 4.78 is 0. The molecule has 0 bridgehead atoms. The van der Waals surface area contributed by atoms with Crippen LogP contribution in [0.1, 0.15) is 40.2 Å². The molecule has 2 N–H and O–H groups in total. The molecule has 3 aromatic rings. The molecule has 0 radical (unpaired) electrons. The Morgan fingerprint density at radius 2 is 1.88 bits per heavy atom. The molecule has 0 saturated heterocycles. The average Bonchev–Trinajstić information content (AvgIpc) is 2.84. The molecule has 2 aromatic carbocycles. The molecule has 33 heavy (non-hydrogen) atoms. The molecule has 0 aliphatic heterocycles. The third-order valence-electron chi connectivity index (χ3n) is 6.14. The van der Waals surface area contributed by atoms with E-state index in [0.717, 1.165) is 22.3 Å². The van der Waals surface area contributed by atoms with E-state index in [1.165, 1.54) is 0 Å². The van der Waals surface area contributed by atoms with Gasteiger partial charge in [0.25, 0.3) is 5.56 Å². The van der Waals surface area contributed by atoms with Crippen molar-refractivity contribution >= 4 is 17.7 Å². The lowest BCUT2D eigenvalue weighted by Gasteiger charge is -2.39. The summed E-state index contributed by atoms with van der Waals surface area (Å²) in [6.45, 7) is 4.47. The molecule has 4 nitrogen and oxygen atoms in total. The van der Waals surface area contributed by atoms with Gasteiger partial charge in [0.1, 0.15) is 5.60 Å². The zero-order valence-corrected chi connectivity index (χ0v) is 19.0. The van der Waals surface area contributed by atoms with Crippen LogP contribution in [0.25, 0.3) is 17.7 Å². The van der Waals surface area contributed by atoms with E-state index in [4.69, 9.17) is 0 Å². The van der Waals surface area contributed by atoms with E-state index in [2.05, 4.69) is 23.0 Å². The van der Waals surface area contributed by atoms with Gasteiger partial charge >= 0.3 is 0 Å². The maximum absolute atomic E-state index is 13.2. The molecule has 0 saturated carbocycles. The minimum absolute atomic E-state index is 0.234. The van der Waals surface area contributed by atoms with Gasteiger partial charge in [0.15, 0.2) is 0 Å². The van der Waals surface area contributed by atoms with E-state index in [9.17, 15) is 9.90 Å². The fourth-order valence-electron chi connectivity index (χ4n) is 4.46. The highest BCUT2D eigenvalue weighted by atomic mass is 16.3. The van der Waals surface area contributed by atoms with Gasteiger partial charge in [-0.05, 0) is 54.9 Å². The maximum Gasteiger partial charge on any atom is 0.251 e. The first-order valence-electron chi connectivity index (χ1n) is 11.0. The molecular formula is C29H28N2O2. The summed E-state index contributed by atoms with van der Waals surface area (Å²) in [5.41, 5.74) is 9.29. The fraction of sp³-hybridized carbons (Fsp3) is 0.207. The number of rotatable bonds is 8. The maximum atomic E-state index is 13.2. The summed E-state index contributed by atoms with van der Waals surface area (Å²) in [7, 11) is 3.95. The average molecular weight is 437 g/mol. The van der Waals surface area contributed by atoms with Gasteiger partial charge in [0, 0.05) is 29.8 Å². The lowest BCUT2D eigenvalue weighted by Crippen LogP contribution is -2.43. The Hall–Kier alpha value is -3.65. The first-order valence-corrected chi connectivity index (χ1v) is 11.0. The Labute approximate surface area is 194 Å². The smallest absolute Gasteiger partial charge is 0.251 e. The van der Waals surface area contributed by atoms with Crippen LogP contribution in [0.2, 0.25) is 0 Å². The highest BCUT2D eigenvalue weighted by Gasteiger charge is 2.44. The van der Waals surface area contributed by atoms with Crippen molar-refractivity contribution in [2.75, 3.05) is 20.6 Å². The Bertz CT molecular complexity index is 1320. The van der Waals surface area contributed by atoms with E-state index in [1.807, 2.05) is 85.7 Å². The van der Waals surface area contributed by atoms with Crippen LogP contribution in [0.5, 0.6) is 0 Å². The summed E-state index contributed by atoms with van der Waals surface area (Å²) in [5.74, 6) is -0.627. The monoisotopic (exact) mass is 436 g/mol. The van der Waals surface area contributed by atoms with Crippen LogP contribution in [0.15, 0.2) is 89.7 Å². The first kappa shape index (κ1) is 22.5. The van der Waals surface area contributed by atoms with Crippen LogP contribution in [0, 0.1) is 0 Å². The largest absolute Gasteiger partial charge is 0.383 e. The normalized spacial score (nSPS) is 15.0. The minimum atomic E-state index is -1.42. The molecule has 4 heteroatoms. The molecule has 166 valence electrons. The van der Waals surface area contributed by atoms with Gasteiger partial charge in [-0.3, -0.25) is 4.79 Å². The molecule has 0 amide bonds. The predicted octanol–water partition coefficient (Wildman–Crippen LogP) is 4.70. The quantitative estimate of drug-likeness (QED) is 0.504. The molecule has 1 aromatic heterocycles. The Balaban J connectivity index is 2.02. The van der Waals surface area contributed by atoms with E-state index in [1.54, 1.807) is 12.3 Å². The van der Waals surface area contributed by atoms with Gasteiger partial charge in [-0.25, -0.2) is 0 Å². The standard InChI is InChI=1S/C29H28N2O2/c1-4-21-19-25(28(32)30-20-21)27(23-12-6-5-7-13-23)29(33,17-18-31(2)3)26-16-10-14-22-11-8-9-15-24(22)26/h4-9,11-15,19-20,27,33H,1,17-18H2,2-3H3,(H,30,32). The molecule has 1 heterocycles. The number of nitrogens with zero attached hydrogens (tertiary/aromatic N) is 1. The van der Waals surface area contributed by atoms with Crippen molar-refractivity contribution in [3.63, 3.8) is 0 Å². The van der Waals surface area contributed by atoms with Crippen LogP contribution >= 0.6 is 0 Å². The van der Waals surface area contributed by atoms with Gasteiger partial charge in [0.2, 0.25) is 0 Å². The summed E-state index contributed by atoms with van der Waals surface area (Å²) in [5, 5.41) is 12.6. The van der Waals surface area contributed by atoms with E-state index < -0.39 is 11.5 Å². The lowest BCUT2D eigenvalue weighted by molar-refractivity contribution is 0.0665. The van der Waals surface area contributed by atoms with E-state index in [0.29, 0.717) is 24.1 Å². The van der Waals surface area contributed by atoms with Gasteiger partial charge in [-0.1, -0.05) is 78.7 Å². The van der Waals surface area contributed by atoms with Crippen LogP contribution < -0.4 is 5.56 Å². The number of hydrogen-bond acceptors (Lipinski definition) is 3. The molecule has 0 spiro atoms. The van der Waals surface area contributed by atoms with Crippen LogP contribution in [-0.4, -0.2) is 41.2 Å². The molecular weight excluding hydrogens is 408 g/mol. The number of fused-ring (bicyclic) bond motifs is 1. The van der Waals surface area contributed by atoms with Gasteiger partial charge in [-0.15, -0.1) is 0 Å². The number of H-pyrrole nitrogens is 1. The summed E-state index contributed by atoms with van der Waals surface area (Å²) in [6, 6.07) is 19.4. The highest BCUT2D eigenvalue weighted by molar-refractivity contribution is 5.82. The molecule has 1 aliphatic rings. The first-order chi connectivity index (χ1) is 15.9. The number of hydrogen-bond donors (Lipinski definition) is 2. The number of aromatic nitrogens is 1. The number of pyridine rings is 1. The van der Waals surface area contributed by atoms with Crippen molar-refractivity contribution < 1.29 is 5.11 Å². The number of aliphatic hydroxyl groups is 1. The second kappa shape index (κ2) is 9.46. The Morgan fingerprint density at radius 3 is 2.61 bits per heavy atom. The lowest BCUT2D eigenvalue weighted by atomic mass is 9.69. The van der Waals surface area contributed by atoms with Crippen molar-refractivity contribution in [2.45, 2.75) is 17.9 Å². The molecule has 1 aliphatic carbocycles. The molecule has 4 rings (SSSR count). The third-order valence-corrected chi connectivity index (χ3v) is 6.14. The Kier molecular flexibility index (Phi) is 6.46. The molecule has 2 unspecified atom stereocenters. The topological polar surface area (TPSA) is 56.3 Å². The van der Waals surface area contributed by atoms with Crippen LogP contribution in [0.3, 0.4) is 0 Å². The van der Waals surface area contributed by atoms with Crippen molar-refractivity contribution in [1.29, 1.82) is 0 Å². The highest BCUT2D eigenvalue weighted by Crippen LogP contribution is 2.45. The van der Waals surface area contributed by atoms with Crippen molar-refractivity contribution in [3.8, 4) is 0 Å². The van der Waals surface area contributed by atoms with E-state index >= 15 is 0 Å². The van der Waals surface area contributed by atoms with E-state index in [-0.39, 0.29) is 5.56 Å². The van der Waals surface area contributed by atoms with Gasteiger partial charge in [0.05, 0.1) is 0 Å². The van der Waals surface area contributed by atoms with Crippen LogP contribution in [0.4, 0.5) is 0 Å². The number of nitrogens with one attached hydrogen (secondary N) is 1. The van der Waals surface area contributed by atoms with Crippen molar-refractivity contribution in [3.05, 3.63) is 123 Å².